The monoisotopic (exact) mass is 567 g/mol. The normalized spacial score (nSPS) is 15.7. The van der Waals surface area contributed by atoms with E-state index in [0.29, 0.717) is 38.4 Å². The molecule has 0 aliphatic carbocycles. The van der Waals surface area contributed by atoms with Gasteiger partial charge in [0.15, 0.2) is 5.96 Å². The van der Waals surface area contributed by atoms with Crippen LogP contribution in [-0.2, 0) is 22.2 Å². The Morgan fingerprint density at radius 1 is 1.23 bits per heavy atom. The molecule has 1 aromatic heterocycles. The summed E-state index contributed by atoms with van der Waals surface area (Å²) in [5, 5.41) is 7.74. The van der Waals surface area contributed by atoms with Crippen molar-refractivity contribution >= 4 is 51.6 Å². The van der Waals surface area contributed by atoms with Gasteiger partial charge in [-0.05, 0) is 25.0 Å². The van der Waals surface area contributed by atoms with Gasteiger partial charge in [0.05, 0.1) is 5.69 Å². The average Bonchev–Trinajstić information content (AvgIpc) is 3.21. The smallest absolute Gasteiger partial charge is 0.220 e. The summed E-state index contributed by atoms with van der Waals surface area (Å²) in [4.78, 5) is 6.80. The average molecular weight is 568 g/mol. The van der Waals surface area contributed by atoms with Crippen LogP contribution in [0.25, 0.3) is 0 Å². The molecule has 3 rings (SSSR count). The lowest BCUT2D eigenvalue weighted by Crippen LogP contribution is -2.54. The van der Waals surface area contributed by atoms with Crippen molar-refractivity contribution in [1.82, 2.24) is 19.7 Å². The van der Waals surface area contributed by atoms with E-state index in [2.05, 4.69) is 15.4 Å². The van der Waals surface area contributed by atoms with Crippen LogP contribution in [0, 0.1) is 0 Å². The van der Waals surface area contributed by atoms with E-state index in [1.807, 2.05) is 31.2 Å². The lowest BCUT2D eigenvalue weighted by atomic mass is 10.1. The standard InChI is InChI=1S/C19H26ClN5O3S.HI/c1-2-21-19(22-9-7-16-5-3-4-6-18(16)20)24-10-12-25(13-11-24)29(26,27)15-17-8-14-28-23-17;/h3-6,8,14H,2,7,9-13,15H2,1H3,(H,21,22);1H. The number of hydrogen-bond acceptors (Lipinski definition) is 5. The summed E-state index contributed by atoms with van der Waals surface area (Å²) >= 11 is 6.21. The van der Waals surface area contributed by atoms with Crippen molar-refractivity contribution in [3.8, 4) is 0 Å². The summed E-state index contributed by atoms with van der Waals surface area (Å²) in [5.41, 5.74) is 1.49. The Bertz CT molecular complexity index is 916. The summed E-state index contributed by atoms with van der Waals surface area (Å²) in [6.07, 6.45) is 2.13. The van der Waals surface area contributed by atoms with Gasteiger partial charge in [-0.1, -0.05) is 35.0 Å². The second kappa shape index (κ2) is 11.9. The number of benzene rings is 1. The van der Waals surface area contributed by atoms with Gasteiger partial charge in [-0.2, -0.15) is 4.31 Å². The molecule has 30 heavy (non-hydrogen) atoms. The van der Waals surface area contributed by atoms with Gasteiger partial charge in [0.1, 0.15) is 12.0 Å². The summed E-state index contributed by atoms with van der Waals surface area (Å²) in [6.45, 7) is 5.35. The number of sulfonamides is 1. The molecular weight excluding hydrogens is 541 g/mol. The first-order chi connectivity index (χ1) is 14.0. The predicted octanol–water partition coefficient (Wildman–Crippen LogP) is 2.60. The maximum absolute atomic E-state index is 12.6. The molecule has 8 nitrogen and oxygen atoms in total. The highest BCUT2D eigenvalue weighted by Crippen LogP contribution is 2.16. The Labute approximate surface area is 199 Å². The molecule has 0 spiro atoms. The van der Waals surface area contributed by atoms with E-state index in [1.54, 1.807) is 6.07 Å². The van der Waals surface area contributed by atoms with Crippen LogP contribution in [0.15, 0.2) is 46.1 Å². The van der Waals surface area contributed by atoms with Crippen LogP contribution in [0.5, 0.6) is 0 Å². The first-order valence-corrected chi connectivity index (χ1v) is 11.6. The van der Waals surface area contributed by atoms with Crippen LogP contribution in [0.1, 0.15) is 18.2 Å². The Balaban J connectivity index is 0.00000320. The molecule has 1 aromatic carbocycles. The van der Waals surface area contributed by atoms with Gasteiger partial charge >= 0.3 is 0 Å². The fourth-order valence-electron chi connectivity index (χ4n) is 3.18. The van der Waals surface area contributed by atoms with Gasteiger partial charge in [-0.25, -0.2) is 8.42 Å². The Kier molecular flexibility index (Phi) is 9.85. The van der Waals surface area contributed by atoms with E-state index in [4.69, 9.17) is 21.1 Å². The molecule has 0 amide bonds. The summed E-state index contributed by atoms with van der Waals surface area (Å²) in [5.74, 6) is 0.656. The highest BCUT2D eigenvalue weighted by Gasteiger charge is 2.28. The van der Waals surface area contributed by atoms with Crippen molar-refractivity contribution in [2.75, 3.05) is 39.3 Å². The molecular formula is C19H27ClIN5O3S. The highest BCUT2D eigenvalue weighted by atomic mass is 127. The van der Waals surface area contributed by atoms with Gasteiger partial charge in [-0.3, -0.25) is 4.99 Å². The number of nitrogens with one attached hydrogen (secondary N) is 1. The maximum atomic E-state index is 12.6. The van der Waals surface area contributed by atoms with Gasteiger partial charge in [0.2, 0.25) is 10.0 Å². The van der Waals surface area contributed by atoms with E-state index in [1.165, 1.54) is 10.6 Å². The van der Waals surface area contributed by atoms with E-state index in [0.717, 1.165) is 29.5 Å². The minimum atomic E-state index is -3.42. The number of hydrogen-bond donors (Lipinski definition) is 1. The summed E-state index contributed by atoms with van der Waals surface area (Å²) in [7, 11) is -3.42. The fourth-order valence-corrected chi connectivity index (χ4v) is 4.83. The molecule has 166 valence electrons. The van der Waals surface area contributed by atoms with Gasteiger partial charge < -0.3 is 14.7 Å². The Hall–Kier alpha value is -1.37. The Morgan fingerprint density at radius 3 is 2.60 bits per heavy atom. The number of aromatic nitrogens is 1. The molecule has 1 saturated heterocycles. The molecule has 0 atom stereocenters. The van der Waals surface area contributed by atoms with Crippen LogP contribution in [-0.4, -0.2) is 68.0 Å². The third-order valence-corrected chi connectivity index (χ3v) is 6.87. The molecule has 2 heterocycles. The molecule has 1 aliphatic rings. The van der Waals surface area contributed by atoms with Crippen molar-refractivity contribution in [1.29, 1.82) is 0 Å². The first-order valence-electron chi connectivity index (χ1n) is 9.63. The molecule has 2 aromatic rings. The summed E-state index contributed by atoms with van der Waals surface area (Å²) < 4.78 is 31.4. The van der Waals surface area contributed by atoms with Crippen LogP contribution in [0.3, 0.4) is 0 Å². The van der Waals surface area contributed by atoms with Crippen LogP contribution in [0.4, 0.5) is 0 Å². The van der Waals surface area contributed by atoms with Gasteiger partial charge in [0.25, 0.3) is 0 Å². The molecule has 11 heteroatoms. The van der Waals surface area contributed by atoms with Crippen molar-refractivity contribution in [3.63, 3.8) is 0 Å². The van der Waals surface area contributed by atoms with Crippen molar-refractivity contribution in [3.05, 3.63) is 52.9 Å². The lowest BCUT2D eigenvalue weighted by Gasteiger charge is -2.35. The zero-order valence-corrected chi connectivity index (χ0v) is 20.7. The van der Waals surface area contributed by atoms with Crippen molar-refractivity contribution in [2.24, 2.45) is 4.99 Å². The second-order valence-electron chi connectivity index (χ2n) is 6.71. The van der Waals surface area contributed by atoms with Gasteiger partial charge in [0, 0.05) is 50.4 Å². The third kappa shape index (κ3) is 6.82. The number of rotatable bonds is 7. The lowest BCUT2D eigenvalue weighted by molar-refractivity contribution is 0.260. The minimum absolute atomic E-state index is 0. The van der Waals surface area contributed by atoms with Crippen molar-refractivity contribution in [2.45, 2.75) is 19.1 Å². The number of piperazine rings is 1. The van der Waals surface area contributed by atoms with Gasteiger partial charge in [-0.15, -0.1) is 24.0 Å². The van der Waals surface area contributed by atoms with E-state index in [-0.39, 0.29) is 29.7 Å². The predicted molar refractivity (Wildman–Crippen MR) is 129 cm³/mol. The van der Waals surface area contributed by atoms with Crippen LogP contribution < -0.4 is 5.32 Å². The number of aliphatic imine (C=N–C) groups is 1. The Morgan fingerprint density at radius 2 is 1.97 bits per heavy atom. The van der Waals surface area contributed by atoms with E-state index in [9.17, 15) is 8.42 Å². The molecule has 0 unspecified atom stereocenters. The molecule has 0 saturated carbocycles. The quantitative estimate of drug-likeness (QED) is 0.314. The SMILES string of the molecule is CCNC(=NCCc1ccccc1Cl)N1CCN(S(=O)(=O)Cc2ccon2)CC1.I. The minimum Gasteiger partial charge on any atom is -0.364 e. The molecule has 1 N–H and O–H groups in total. The highest BCUT2D eigenvalue weighted by molar-refractivity contribution is 14.0. The first kappa shape index (κ1) is 24.9. The topological polar surface area (TPSA) is 91.0 Å². The number of halogens is 2. The zero-order chi connectivity index (χ0) is 20.7. The second-order valence-corrected chi connectivity index (χ2v) is 9.09. The van der Waals surface area contributed by atoms with E-state index >= 15 is 0 Å². The molecule has 1 aliphatic heterocycles. The fraction of sp³-hybridized carbons (Fsp3) is 0.474. The van der Waals surface area contributed by atoms with Crippen LogP contribution >= 0.6 is 35.6 Å². The van der Waals surface area contributed by atoms with Crippen molar-refractivity contribution < 1.29 is 12.9 Å². The molecule has 0 bridgehead atoms. The molecule has 1 fully saturated rings. The van der Waals surface area contributed by atoms with Crippen LogP contribution in [0.2, 0.25) is 5.02 Å². The zero-order valence-electron chi connectivity index (χ0n) is 16.8. The molecule has 0 radical (unpaired) electrons. The van der Waals surface area contributed by atoms with E-state index < -0.39 is 10.0 Å². The maximum Gasteiger partial charge on any atom is 0.220 e. The number of guanidine groups is 1. The third-order valence-electron chi connectivity index (χ3n) is 4.69. The summed E-state index contributed by atoms with van der Waals surface area (Å²) in [6, 6.07) is 9.33. The number of nitrogens with zero attached hydrogens (tertiary/aromatic N) is 4. The largest absolute Gasteiger partial charge is 0.364 e.